The maximum Gasteiger partial charge on any atom is 0.123 e. The monoisotopic (exact) mass is 267 g/mol. The second kappa shape index (κ2) is 9.05. The third kappa shape index (κ3) is 6.69. The van der Waals surface area contributed by atoms with E-state index < -0.39 is 0 Å². The maximum absolute atomic E-state index is 13.3. The van der Waals surface area contributed by atoms with Crippen molar-refractivity contribution in [3.05, 3.63) is 35.6 Å². The normalized spacial score (nSPS) is 12.9. The molecule has 1 N–H and O–H groups in total. The van der Waals surface area contributed by atoms with E-state index in [-0.39, 0.29) is 11.9 Å². The molecule has 0 saturated carbocycles. The summed E-state index contributed by atoms with van der Waals surface area (Å²) in [5.74, 6) is 0.495. The standard InChI is InChI=1S/C16H26FNO/c1-4-18-12-16(19-10-6-7-13(2)3)14-8-5-9-15(17)11-14/h5,8-9,11,13,16,18H,4,6-7,10,12H2,1-3H3. The fourth-order valence-electron chi connectivity index (χ4n) is 1.97. The van der Waals surface area contributed by atoms with Gasteiger partial charge in [0.2, 0.25) is 0 Å². The van der Waals surface area contributed by atoms with Crippen molar-refractivity contribution < 1.29 is 9.13 Å². The molecule has 0 saturated heterocycles. The fraction of sp³-hybridized carbons (Fsp3) is 0.625. The van der Waals surface area contributed by atoms with Crippen LogP contribution < -0.4 is 5.32 Å². The van der Waals surface area contributed by atoms with Crippen LogP contribution in [0.3, 0.4) is 0 Å². The van der Waals surface area contributed by atoms with Crippen LogP contribution in [0.25, 0.3) is 0 Å². The molecule has 3 heteroatoms. The summed E-state index contributed by atoms with van der Waals surface area (Å²) in [4.78, 5) is 0. The van der Waals surface area contributed by atoms with Crippen molar-refractivity contribution in [2.75, 3.05) is 19.7 Å². The van der Waals surface area contributed by atoms with Crippen molar-refractivity contribution in [1.29, 1.82) is 0 Å². The van der Waals surface area contributed by atoms with E-state index in [0.717, 1.165) is 38.1 Å². The van der Waals surface area contributed by atoms with Gasteiger partial charge in [-0.15, -0.1) is 0 Å². The molecule has 0 fully saturated rings. The molecule has 1 atom stereocenters. The van der Waals surface area contributed by atoms with Gasteiger partial charge in [-0.3, -0.25) is 0 Å². The first-order chi connectivity index (χ1) is 9.13. The highest BCUT2D eigenvalue weighted by atomic mass is 19.1. The van der Waals surface area contributed by atoms with Crippen molar-refractivity contribution in [3.8, 4) is 0 Å². The molecule has 0 amide bonds. The van der Waals surface area contributed by atoms with E-state index >= 15 is 0 Å². The molecule has 0 heterocycles. The van der Waals surface area contributed by atoms with Gasteiger partial charge in [0.15, 0.2) is 0 Å². The van der Waals surface area contributed by atoms with Crippen LogP contribution in [0.4, 0.5) is 4.39 Å². The lowest BCUT2D eigenvalue weighted by Gasteiger charge is -2.19. The molecule has 0 aliphatic rings. The summed E-state index contributed by atoms with van der Waals surface area (Å²) in [6.07, 6.45) is 2.15. The van der Waals surface area contributed by atoms with Gasteiger partial charge in [-0.1, -0.05) is 32.9 Å². The van der Waals surface area contributed by atoms with Crippen LogP contribution in [0.2, 0.25) is 0 Å². The predicted octanol–water partition coefficient (Wildman–Crippen LogP) is 3.93. The lowest BCUT2D eigenvalue weighted by molar-refractivity contribution is 0.0488. The van der Waals surface area contributed by atoms with Gasteiger partial charge in [-0.25, -0.2) is 4.39 Å². The van der Waals surface area contributed by atoms with E-state index in [2.05, 4.69) is 26.1 Å². The van der Waals surface area contributed by atoms with Gasteiger partial charge in [0.1, 0.15) is 5.82 Å². The molecule has 1 unspecified atom stereocenters. The first kappa shape index (κ1) is 16.1. The SMILES string of the molecule is CCNCC(OCCCC(C)C)c1cccc(F)c1. The first-order valence-corrected chi connectivity index (χ1v) is 7.21. The molecule has 0 spiro atoms. The number of hydrogen-bond donors (Lipinski definition) is 1. The molecule has 19 heavy (non-hydrogen) atoms. The molecular weight excluding hydrogens is 241 g/mol. The number of benzene rings is 1. The van der Waals surface area contributed by atoms with E-state index in [1.807, 2.05) is 6.07 Å². The van der Waals surface area contributed by atoms with Crippen LogP contribution in [-0.2, 0) is 4.74 Å². The van der Waals surface area contributed by atoms with E-state index in [1.165, 1.54) is 6.07 Å². The van der Waals surface area contributed by atoms with Crippen LogP contribution >= 0.6 is 0 Å². The summed E-state index contributed by atoms with van der Waals surface area (Å²) in [5.41, 5.74) is 0.908. The van der Waals surface area contributed by atoms with Crippen molar-refractivity contribution in [1.82, 2.24) is 5.32 Å². The van der Waals surface area contributed by atoms with Gasteiger partial charge in [0.25, 0.3) is 0 Å². The third-order valence-corrected chi connectivity index (χ3v) is 3.05. The Labute approximate surface area is 116 Å². The summed E-state index contributed by atoms with van der Waals surface area (Å²) in [6, 6.07) is 6.69. The van der Waals surface area contributed by atoms with Crippen molar-refractivity contribution >= 4 is 0 Å². The summed E-state index contributed by atoms with van der Waals surface area (Å²) >= 11 is 0. The molecule has 0 aliphatic carbocycles. The quantitative estimate of drug-likeness (QED) is 0.684. The Hall–Kier alpha value is -0.930. The Bertz CT molecular complexity index is 354. The van der Waals surface area contributed by atoms with Crippen molar-refractivity contribution in [3.63, 3.8) is 0 Å². The van der Waals surface area contributed by atoms with Crippen LogP contribution in [0.15, 0.2) is 24.3 Å². The van der Waals surface area contributed by atoms with Crippen LogP contribution in [-0.4, -0.2) is 19.7 Å². The Balaban J connectivity index is 2.51. The summed E-state index contributed by atoms with van der Waals surface area (Å²) in [7, 11) is 0. The van der Waals surface area contributed by atoms with Crippen LogP contribution in [0, 0.1) is 11.7 Å². The zero-order valence-electron chi connectivity index (χ0n) is 12.3. The third-order valence-electron chi connectivity index (χ3n) is 3.05. The molecule has 1 aromatic carbocycles. The van der Waals surface area contributed by atoms with E-state index in [0.29, 0.717) is 5.92 Å². The minimum absolute atomic E-state index is 0.0668. The lowest BCUT2D eigenvalue weighted by atomic mass is 10.1. The maximum atomic E-state index is 13.3. The highest BCUT2D eigenvalue weighted by molar-refractivity contribution is 5.19. The Morgan fingerprint density at radius 2 is 2.11 bits per heavy atom. The van der Waals surface area contributed by atoms with E-state index in [9.17, 15) is 4.39 Å². The second-order valence-corrected chi connectivity index (χ2v) is 5.26. The number of hydrogen-bond acceptors (Lipinski definition) is 2. The highest BCUT2D eigenvalue weighted by Crippen LogP contribution is 2.18. The Morgan fingerprint density at radius 3 is 2.74 bits per heavy atom. The molecule has 0 aliphatic heterocycles. The van der Waals surface area contributed by atoms with Gasteiger partial charge in [-0.2, -0.15) is 0 Å². The fourth-order valence-corrected chi connectivity index (χ4v) is 1.97. The number of halogens is 1. The van der Waals surface area contributed by atoms with Gasteiger partial charge < -0.3 is 10.1 Å². The minimum atomic E-state index is -0.204. The summed E-state index contributed by atoms with van der Waals surface area (Å²) in [5, 5.41) is 3.27. The zero-order chi connectivity index (χ0) is 14.1. The number of nitrogens with one attached hydrogen (secondary N) is 1. The van der Waals surface area contributed by atoms with Crippen LogP contribution in [0.5, 0.6) is 0 Å². The van der Waals surface area contributed by atoms with Gasteiger partial charge in [-0.05, 0) is 43.0 Å². The van der Waals surface area contributed by atoms with Crippen LogP contribution in [0.1, 0.15) is 45.3 Å². The Morgan fingerprint density at radius 1 is 1.32 bits per heavy atom. The molecule has 2 nitrogen and oxygen atoms in total. The number of rotatable bonds is 9. The molecule has 0 aromatic heterocycles. The zero-order valence-corrected chi connectivity index (χ0v) is 12.3. The second-order valence-electron chi connectivity index (χ2n) is 5.26. The average Bonchev–Trinajstić information content (AvgIpc) is 2.37. The topological polar surface area (TPSA) is 21.3 Å². The molecule has 1 rings (SSSR count). The molecular formula is C16H26FNO. The Kier molecular flexibility index (Phi) is 7.68. The van der Waals surface area contributed by atoms with E-state index in [1.54, 1.807) is 12.1 Å². The largest absolute Gasteiger partial charge is 0.372 e. The smallest absolute Gasteiger partial charge is 0.123 e. The number of likely N-dealkylation sites (N-methyl/N-ethyl adjacent to an activating group) is 1. The molecule has 1 aromatic rings. The minimum Gasteiger partial charge on any atom is -0.372 e. The van der Waals surface area contributed by atoms with E-state index in [4.69, 9.17) is 4.74 Å². The molecule has 0 radical (unpaired) electrons. The van der Waals surface area contributed by atoms with Gasteiger partial charge in [0.05, 0.1) is 6.10 Å². The van der Waals surface area contributed by atoms with Crippen molar-refractivity contribution in [2.45, 2.75) is 39.7 Å². The highest BCUT2D eigenvalue weighted by Gasteiger charge is 2.12. The number of ether oxygens (including phenoxy) is 1. The lowest BCUT2D eigenvalue weighted by Crippen LogP contribution is -2.23. The summed E-state index contributed by atoms with van der Waals surface area (Å²) < 4.78 is 19.2. The summed E-state index contributed by atoms with van der Waals surface area (Å²) in [6.45, 7) is 8.82. The van der Waals surface area contributed by atoms with Gasteiger partial charge in [0, 0.05) is 13.2 Å². The van der Waals surface area contributed by atoms with Gasteiger partial charge >= 0.3 is 0 Å². The molecule has 108 valence electrons. The predicted molar refractivity (Wildman–Crippen MR) is 77.7 cm³/mol. The average molecular weight is 267 g/mol. The first-order valence-electron chi connectivity index (χ1n) is 7.21. The molecule has 0 bridgehead atoms. The van der Waals surface area contributed by atoms with Crippen molar-refractivity contribution in [2.24, 2.45) is 5.92 Å².